The van der Waals surface area contributed by atoms with Gasteiger partial charge in [0.05, 0.1) is 11.3 Å². The van der Waals surface area contributed by atoms with E-state index in [9.17, 15) is 9.90 Å². The molecule has 3 nitrogen and oxygen atoms in total. The number of aromatic nitrogens is 1. The van der Waals surface area contributed by atoms with Gasteiger partial charge in [-0.15, -0.1) is 34.9 Å². The Morgan fingerprint density at radius 2 is 1.48 bits per heavy atom. The zero-order valence-corrected chi connectivity index (χ0v) is 27.4. The fourth-order valence-corrected chi connectivity index (χ4v) is 6.98. The summed E-state index contributed by atoms with van der Waals surface area (Å²) in [6.45, 7) is 6.61. The van der Waals surface area contributed by atoms with E-state index in [2.05, 4.69) is 69.3 Å². The minimum absolute atomic E-state index is 0. The number of hydrogen-bond acceptors (Lipinski definition) is 3. The van der Waals surface area contributed by atoms with Crippen LogP contribution in [0.5, 0.6) is 0 Å². The van der Waals surface area contributed by atoms with Crippen molar-refractivity contribution in [2.75, 3.05) is 0 Å². The van der Waals surface area contributed by atoms with Crippen molar-refractivity contribution >= 4 is 16.7 Å². The van der Waals surface area contributed by atoms with Gasteiger partial charge in [-0.2, -0.15) is 0 Å². The fraction of sp³-hybridized carbons (Fsp3) is 0.526. The van der Waals surface area contributed by atoms with E-state index in [-0.39, 0.29) is 45.2 Å². The predicted octanol–water partition coefficient (Wildman–Crippen LogP) is 10.6. The molecule has 1 aromatic heterocycles. The second-order valence-corrected chi connectivity index (χ2v) is 12.8. The molecular weight excluding hydrogens is 695 g/mol. The summed E-state index contributed by atoms with van der Waals surface area (Å²) in [6, 6.07) is 19.0. The number of allylic oxidation sites excluding steroid dienone is 2. The van der Waals surface area contributed by atoms with Crippen molar-refractivity contribution in [3.8, 4) is 11.3 Å². The van der Waals surface area contributed by atoms with Crippen molar-refractivity contribution in [1.82, 2.24) is 4.98 Å². The molecule has 0 spiro atoms. The van der Waals surface area contributed by atoms with Gasteiger partial charge in [0.25, 0.3) is 0 Å². The van der Waals surface area contributed by atoms with Crippen molar-refractivity contribution in [2.24, 2.45) is 17.8 Å². The Balaban J connectivity index is 0.000000246. The molecule has 0 atom stereocenters. The second kappa shape index (κ2) is 16.0. The maximum atomic E-state index is 11.8. The number of ketones is 1. The van der Waals surface area contributed by atoms with E-state index in [0.29, 0.717) is 11.7 Å². The first-order chi connectivity index (χ1) is 19.4. The minimum atomic E-state index is 0. The molecule has 0 aliphatic heterocycles. The quantitative estimate of drug-likeness (QED) is 0.161. The third-order valence-corrected chi connectivity index (χ3v) is 9.45. The van der Waals surface area contributed by atoms with Crippen LogP contribution in [0.25, 0.3) is 22.2 Å². The average Bonchev–Trinajstić information content (AvgIpc) is 3.68. The summed E-state index contributed by atoms with van der Waals surface area (Å²) in [6.07, 6.45) is 15.8. The second-order valence-electron chi connectivity index (χ2n) is 12.8. The molecule has 2 aromatic carbocycles. The number of rotatable bonds is 5. The SMILES string of the molecule is C.Cc1[c-]c(-c2ccc3ccc(C4CCC(C)CC4)cc3n2)cc(C)c1.O=C(C=C(O)C1CCCC1)C1CCCC1.[Ir]. The number of carbonyl (C=O) groups excluding carboxylic acids is 1. The van der Waals surface area contributed by atoms with Gasteiger partial charge < -0.3 is 5.11 Å². The predicted molar refractivity (Wildman–Crippen MR) is 172 cm³/mol. The van der Waals surface area contributed by atoms with Crippen LogP contribution in [0.15, 0.2) is 54.3 Å². The van der Waals surface area contributed by atoms with Crippen LogP contribution in [0.2, 0.25) is 0 Å². The van der Waals surface area contributed by atoms with Crippen molar-refractivity contribution < 1.29 is 30.0 Å². The van der Waals surface area contributed by atoms with Crippen LogP contribution in [0.1, 0.15) is 114 Å². The number of fused-ring (bicyclic) bond motifs is 1. The summed E-state index contributed by atoms with van der Waals surface area (Å²) < 4.78 is 0. The van der Waals surface area contributed by atoms with Crippen LogP contribution in [-0.4, -0.2) is 15.9 Å². The van der Waals surface area contributed by atoms with Crippen molar-refractivity contribution in [2.45, 2.75) is 111 Å². The Morgan fingerprint density at radius 1 is 0.857 bits per heavy atom. The number of aliphatic hydroxyl groups excluding tert-OH is 1. The van der Waals surface area contributed by atoms with E-state index in [0.717, 1.165) is 48.4 Å². The summed E-state index contributed by atoms with van der Waals surface area (Å²) in [7, 11) is 0. The van der Waals surface area contributed by atoms with Gasteiger partial charge in [-0.1, -0.05) is 91.0 Å². The van der Waals surface area contributed by atoms with Crippen LogP contribution in [0, 0.1) is 37.7 Å². The smallest absolute Gasteiger partial charge is 0.162 e. The van der Waals surface area contributed by atoms with E-state index in [1.54, 1.807) is 0 Å². The van der Waals surface area contributed by atoms with Crippen molar-refractivity contribution in [1.29, 1.82) is 0 Å². The molecule has 3 saturated carbocycles. The molecule has 42 heavy (non-hydrogen) atoms. The van der Waals surface area contributed by atoms with E-state index < -0.39 is 0 Å². The third kappa shape index (κ3) is 8.87. The first-order valence-corrected chi connectivity index (χ1v) is 15.7. The minimum Gasteiger partial charge on any atom is -0.512 e. The topological polar surface area (TPSA) is 50.2 Å². The molecule has 1 N–H and O–H groups in total. The van der Waals surface area contributed by atoms with Gasteiger partial charge in [-0.05, 0) is 73.1 Å². The van der Waals surface area contributed by atoms with Crippen LogP contribution in [0.4, 0.5) is 0 Å². The van der Waals surface area contributed by atoms with Gasteiger partial charge >= 0.3 is 0 Å². The van der Waals surface area contributed by atoms with Crippen LogP contribution < -0.4 is 0 Å². The first-order valence-electron chi connectivity index (χ1n) is 15.7. The molecule has 3 fully saturated rings. The summed E-state index contributed by atoms with van der Waals surface area (Å²) in [4.78, 5) is 16.7. The number of carbonyl (C=O) groups is 1. The van der Waals surface area contributed by atoms with E-state index in [4.69, 9.17) is 4.98 Å². The maximum Gasteiger partial charge on any atom is 0.162 e. The molecule has 0 saturated heterocycles. The molecular formula is C38H50IrNO2-. The van der Waals surface area contributed by atoms with Gasteiger partial charge in [0.15, 0.2) is 5.78 Å². The molecule has 229 valence electrons. The van der Waals surface area contributed by atoms with Crippen LogP contribution in [-0.2, 0) is 24.9 Å². The van der Waals surface area contributed by atoms with Gasteiger partial charge in [-0.3, -0.25) is 9.78 Å². The van der Waals surface area contributed by atoms with E-state index in [1.165, 1.54) is 79.5 Å². The average molecular weight is 745 g/mol. The summed E-state index contributed by atoms with van der Waals surface area (Å²) >= 11 is 0. The summed E-state index contributed by atoms with van der Waals surface area (Å²) in [5.41, 5.74) is 7.12. The fourth-order valence-electron chi connectivity index (χ4n) is 6.98. The molecule has 3 aliphatic rings. The zero-order valence-electron chi connectivity index (χ0n) is 25.0. The number of nitrogens with zero attached hydrogens (tertiary/aromatic N) is 1. The summed E-state index contributed by atoms with van der Waals surface area (Å²) in [5.74, 6) is 2.59. The Labute approximate surface area is 268 Å². The monoisotopic (exact) mass is 745 g/mol. The maximum absolute atomic E-state index is 11.8. The van der Waals surface area contributed by atoms with Crippen LogP contribution in [0.3, 0.4) is 0 Å². The molecule has 1 radical (unpaired) electrons. The number of benzene rings is 2. The first kappa shape index (κ1) is 34.2. The van der Waals surface area contributed by atoms with Gasteiger partial charge in [-0.25, -0.2) is 0 Å². The molecule has 3 aromatic rings. The molecule has 3 aliphatic carbocycles. The van der Waals surface area contributed by atoms with Gasteiger partial charge in [0.2, 0.25) is 0 Å². The Hall–Kier alpha value is -2.29. The number of hydrogen-bond donors (Lipinski definition) is 1. The molecule has 4 heteroatoms. The van der Waals surface area contributed by atoms with Crippen molar-refractivity contribution in [3.63, 3.8) is 0 Å². The Bertz CT molecular complexity index is 1320. The van der Waals surface area contributed by atoms with Crippen molar-refractivity contribution in [3.05, 3.63) is 77.1 Å². The molecule has 0 unspecified atom stereocenters. The molecule has 1 heterocycles. The molecule has 0 bridgehead atoms. The Kier molecular flexibility index (Phi) is 13.0. The van der Waals surface area contributed by atoms with E-state index >= 15 is 0 Å². The number of pyridine rings is 1. The normalized spacial score (nSPS) is 21.3. The Morgan fingerprint density at radius 3 is 2.12 bits per heavy atom. The third-order valence-electron chi connectivity index (χ3n) is 9.45. The molecule has 0 amide bonds. The number of aryl methyl sites for hydroxylation is 2. The number of aliphatic hydroxyl groups is 1. The van der Waals surface area contributed by atoms with E-state index in [1.807, 2.05) is 0 Å². The van der Waals surface area contributed by atoms with Gasteiger partial charge in [0, 0.05) is 38.0 Å². The zero-order chi connectivity index (χ0) is 28.1. The largest absolute Gasteiger partial charge is 0.512 e. The standard InChI is InChI=1S/C24H26N.C13H20O2.CH4.Ir/c1-16-4-6-19(7-5-16)21-9-8-20-10-11-23(25-24(20)15-21)22-13-17(2)12-18(3)14-22;14-12(10-5-1-2-6-10)9-13(15)11-7-3-4-8-11;;/h8-13,15-16,19H,4-7H2,1-3H3;9-11,14H,1-8H2;1H4;/q-1;;;. The van der Waals surface area contributed by atoms with Crippen LogP contribution >= 0.6 is 0 Å². The molecule has 6 rings (SSSR count). The van der Waals surface area contributed by atoms with Gasteiger partial charge in [0.1, 0.15) is 0 Å². The summed E-state index contributed by atoms with van der Waals surface area (Å²) in [5, 5.41) is 11.0.